The summed E-state index contributed by atoms with van der Waals surface area (Å²) in [6.07, 6.45) is 4.74. The molecule has 0 bridgehead atoms. The predicted molar refractivity (Wildman–Crippen MR) is 44.7 cm³/mol. The average Bonchev–Trinajstić information content (AvgIpc) is 2.01. The van der Waals surface area contributed by atoms with Gasteiger partial charge < -0.3 is 5.11 Å². The van der Waals surface area contributed by atoms with E-state index in [1.54, 1.807) is 5.29 Å². The Morgan fingerprint density at radius 2 is 2.25 bits per heavy atom. The number of nitroso groups, excluding NO2 is 1. The quantitative estimate of drug-likeness (QED) is 0.271. The lowest BCUT2D eigenvalue weighted by atomic mass is 10.1. The Bertz CT molecular complexity index is 172. The molecule has 0 heterocycles. The number of rotatable bonds is 3. The van der Waals surface area contributed by atoms with E-state index < -0.39 is 6.10 Å². The summed E-state index contributed by atoms with van der Waals surface area (Å²) in [6.45, 7) is 1.44. The normalized spacial score (nSPS) is 10.1. The molecule has 68 valence electrons. The van der Waals surface area contributed by atoms with Crippen molar-refractivity contribution in [1.29, 1.82) is 0 Å². The Hall–Kier alpha value is -1.41. The van der Waals surface area contributed by atoms with Gasteiger partial charge in [0.2, 0.25) is 0 Å². The van der Waals surface area contributed by atoms with Crippen LogP contribution in [0.15, 0.2) is 5.29 Å². The van der Waals surface area contributed by atoms with Crippen molar-refractivity contribution in [3.63, 3.8) is 0 Å². The molecule has 1 unspecified atom stereocenters. The van der Waals surface area contributed by atoms with Gasteiger partial charge in [0.1, 0.15) is 6.10 Å². The van der Waals surface area contributed by atoms with Gasteiger partial charge in [-0.2, -0.15) is 0 Å². The molecule has 0 aliphatic carbocycles. The first-order valence-electron chi connectivity index (χ1n) is 3.26. The lowest BCUT2D eigenvalue weighted by Gasteiger charge is -1.98. The summed E-state index contributed by atoms with van der Waals surface area (Å²) >= 11 is 0. The molecule has 0 aromatic rings. The molecule has 0 aromatic carbocycles. The topological polar surface area (TPSA) is 92.8 Å². The maximum absolute atomic E-state index is 10.6. The van der Waals surface area contributed by atoms with Crippen LogP contribution in [0.4, 0.5) is 0 Å². The van der Waals surface area contributed by atoms with E-state index in [9.17, 15) is 4.79 Å². The van der Waals surface area contributed by atoms with Gasteiger partial charge in [0.15, 0.2) is 5.78 Å². The van der Waals surface area contributed by atoms with Crippen molar-refractivity contribution in [3.05, 3.63) is 4.91 Å². The first kappa shape index (κ1) is 13.2. The monoisotopic (exact) mass is 172 g/mol. The van der Waals surface area contributed by atoms with Gasteiger partial charge in [0.05, 0.1) is 0 Å². The molecule has 0 aliphatic rings. The van der Waals surface area contributed by atoms with Crippen molar-refractivity contribution in [2.75, 3.05) is 0 Å². The van der Waals surface area contributed by atoms with Crippen LogP contribution >= 0.6 is 0 Å². The third-order valence-electron chi connectivity index (χ3n) is 0.982. The lowest BCUT2D eigenvalue weighted by Crippen LogP contribution is -2.14. The summed E-state index contributed by atoms with van der Waals surface area (Å²) in [5.74, 6) is 6.05. The molecule has 5 nitrogen and oxygen atoms in total. The van der Waals surface area contributed by atoms with Crippen molar-refractivity contribution < 1.29 is 9.90 Å². The molecular formula is C7H12N2O3. The highest BCUT2D eigenvalue weighted by Crippen LogP contribution is 1.93. The molecule has 0 rings (SSSR count). The number of carbonyl (C=O) groups excluding carboxylic acids is 1. The number of aliphatic hydroxyl groups is 1. The number of hydrogen-bond donors (Lipinski definition) is 2. The molecule has 0 saturated heterocycles. The summed E-state index contributed by atoms with van der Waals surface area (Å²) in [7, 11) is 0. The zero-order chi connectivity index (χ0) is 9.98. The molecule has 0 radical (unpaired) electrons. The Labute approximate surface area is 70.9 Å². The minimum atomic E-state index is -0.863. The second-order valence-corrected chi connectivity index (χ2v) is 1.95. The number of ketones is 1. The van der Waals surface area contributed by atoms with Gasteiger partial charge >= 0.3 is 0 Å². The van der Waals surface area contributed by atoms with Crippen LogP contribution in [0, 0.1) is 17.3 Å². The van der Waals surface area contributed by atoms with Crippen molar-refractivity contribution >= 4 is 5.78 Å². The van der Waals surface area contributed by atoms with Gasteiger partial charge in [-0.1, -0.05) is 0 Å². The molecule has 0 aromatic heterocycles. The number of nitrogens with two attached hydrogens (primary N) is 1. The van der Waals surface area contributed by atoms with E-state index in [4.69, 9.17) is 16.4 Å². The average molecular weight is 172 g/mol. The molecule has 1 atom stereocenters. The number of terminal acetylenes is 1. The van der Waals surface area contributed by atoms with E-state index in [0.29, 0.717) is 6.42 Å². The summed E-state index contributed by atoms with van der Waals surface area (Å²) in [5, 5.41) is 10.4. The van der Waals surface area contributed by atoms with E-state index in [0.717, 1.165) is 0 Å². The number of aliphatic hydroxyl groups excluding tert-OH is 1. The van der Waals surface area contributed by atoms with Crippen molar-refractivity contribution in [2.45, 2.75) is 25.9 Å². The van der Waals surface area contributed by atoms with Crippen LogP contribution in [0.3, 0.4) is 0 Å². The van der Waals surface area contributed by atoms with Crippen LogP contribution in [0.1, 0.15) is 19.8 Å². The highest BCUT2D eigenvalue weighted by molar-refractivity contribution is 5.82. The second-order valence-electron chi connectivity index (χ2n) is 1.95. The fraction of sp³-hybridized carbons (Fsp3) is 0.571. The summed E-state index contributed by atoms with van der Waals surface area (Å²) in [4.78, 5) is 18.9. The predicted octanol–water partition coefficient (Wildman–Crippen LogP) is -0.0238. The molecule has 5 heteroatoms. The van der Waals surface area contributed by atoms with Crippen LogP contribution in [-0.4, -0.2) is 17.0 Å². The van der Waals surface area contributed by atoms with Gasteiger partial charge in [-0.3, -0.25) is 10.6 Å². The zero-order valence-electron chi connectivity index (χ0n) is 6.86. The summed E-state index contributed by atoms with van der Waals surface area (Å²) in [5.41, 5.74) is 0. The van der Waals surface area contributed by atoms with Gasteiger partial charge in [-0.15, -0.1) is 17.3 Å². The highest BCUT2D eigenvalue weighted by Gasteiger charge is 2.05. The molecule has 3 N–H and O–H groups in total. The third-order valence-corrected chi connectivity index (χ3v) is 0.982. The maximum atomic E-state index is 10.6. The largest absolute Gasteiger partial charge is 0.386 e. The number of Topliss-reactive ketones (excluding diaryl/α,β-unsaturated/α-hetero) is 1. The molecule has 0 saturated carbocycles. The molecular weight excluding hydrogens is 160 g/mol. The zero-order valence-corrected chi connectivity index (χ0v) is 6.86. The Morgan fingerprint density at radius 1 is 1.83 bits per heavy atom. The molecule has 0 aliphatic heterocycles. The van der Waals surface area contributed by atoms with Crippen LogP contribution in [0.5, 0.6) is 0 Å². The van der Waals surface area contributed by atoms with Crippen LogP contribution in [-0.2, 0) is 4.79 Å². The van der Waals surface area contributed by atoms with Gasteiger partial charge in [0.25, 0.3) is 0 Å². The maximum Gasteiger partial charge on any atom is 0.161 e. The third kappa shape index (κ3) is 11.4. The van der Waals surface area contributed by atoms with E-state index in [-0.39, 0.29) is 12.2 Å². The van der Waals surface area contributed by atoms with Crippen LogP contribution in [0.2, 0.25) is 0 Å². The fourth-order valence-electron chi connectivity index (χ4n) is 0.404. The minimum Gasteiger partial charge on any atom is -0.386 e. The van der Waals surface area contributed by atoms with E-state index in [1.807, 2.05) is 0 Å². The first-order valence-corrected chi connectivity index (χ1v) is 3.26. The molecule has 12 heavy (non-hydrogen) atoms. The SMILES string of the molecule is C#CCCC(=O)C(C)O.NN=O. The van der Waals surface area contributed by atoms with Crippen molar-refractivity contribution in [1.82, 2.24) is 0 Å². The Balaban J connectivity index is 0. The van der Waals surface area contributed by atoms with E-state index in [1.165, 1.54) is 6.92 Å². The second kappa shape index (κ2) is 9.59. The van der Waals surface area contributed by atoms with E-state index >= 15 is 0 Å². The highest BCUT2D eigenvalue weighted by atomic mass is 16.3. The van der Waals surface area contributed by atoms with Crippen molar-refractivity contribution in [2.24, 2.45) is 11.1 Å². The standard InChI is InChI=1S/C7H10O2.H2N2O/c1-3-4-5-7(9)6(2)8;1-2-3/h1,6,8H,4-5H2,2H3;(H2,1,3). The van der Waals surface area contributed by atoms with Gasteiger partial charge in [-0.05, 0) is 6.92 Å². The number of hydrogen-bond acceptors (Lipinski definition) is 4. The number of carbonyl (C=O) groups is 1. The van der Waals surface area contributed by atoms with Crippen LogP contribution in [0.25, 0.3) is 0 Å². The Morgan fingerprint density at radius 3 is 2.50 bits per heavy atom. The molecule has 0 spiro atoms. The Kier molecular flexibility index (Phi) is 10.5. The summed E-state index contributed by atoms with van der Waals surface area (Å²) in [6, 6.07) is 0. The smallest absolute Gasteiger partial charge is 0.161 e. The number of nitrogens with zero attached hydrogens (tertiary/aromatic N) is 1. The molecule has 0 amide bonds. The first-order chi connectivity index (χ1) is 5.59. The summed E-state index contributed by atoms with van der Waals surface area (Å²) < 4.78 is 0. The fourth-order valence-corrected chi connectivity index (χ4v) is 0.404. The van der Waals surface area contributed by atoms with Gasteiger partial charge in [-0.25, -0.2) is 0 Å². The van der Waals surface area contributed by atoms with E-state index in [2.05, 4.69) is 11.8 Å². The van der Waals surface area contributed by atoms with Gasteiger partial charge in [0, 0.05) is 18.1 Å². The minimum absolute atomic E-state index is 0.187. The molecule has 0 fully saturated rings. The lowest BCUT2D eigenvalue weighted by molar-refractivity contribution is -0.126. The van der Waals surface area contributed by atoms with Crippen molar-refractivity contribution in [3.8, 4) is 12.3 Å². The van der Waals surface area contributed by atoms with Crippen LogP contribution < -0.4 is 5.84 Å².